The fourth-order valence-electron chi connectivity index (χ4n) is 3.33. The van der Waals surface area contributed by atoms with Gasteiger partial charge in [0.2, 0.25) is 5.91 Å². The maximum atomic E-state index is 12.1. The molecule has 1 saturated heterocycles. The first-order valence-electron chi connectivity index (χ1n) is 7.49. The van der Waals surface area contributed by atoms with Gasteiger partial charge in [-0.25, -0.2) is 8.42 Å². The van der Waals surface area contributed by atoms with E-state index >= 15 is 0 Å². The highest BCUT2D eigenvalue weighted by molar-refractivity contribution is 7.91. The Morgan fingerprint density at radius 2 is 2.15 bits per heavy atom. The molecule has 1 aliphatic carbocycles. The van der Waals surface area contributed by atoms with Crippen LogP contribution < -0.4 is 10.6 Å². The van der Waals surface area contributed by atoms with Gasteiger partial charge >= 0.3 is 0 Å². The minimum absolute atomic E-state index is 0.0256. The average molecular weight is 302 g/mol. The van der Waals surface area contributed by atoms with E-state index in [1.165, 1.54) is 6.42 Å². The number of sulfone groups is 1. The van der Waals surface area contributed by atoms with E-state index < -0.39 is 9.84 Å². The van der Waals surface area contributed by atoms with Crippen LogP contribution in [0.1, 0.15) is 46.0 Å². The first-order chi connectivity index (χ1) is 9.26. The Morgan fingerprint density at radius 3 is 2.80 bits per heavy atom. The van der Waals surface area contributed by atoms with Crippen LogP contribution in [0, 0.1) is 5.41 Å². The number of amides is 1. The van der Waals surface area contributed by atoms with Crippen molar-refractivity contribution < 1.29 is 13.2 Å². The molecule has 0 radical (unpaired) electrons. The molecule has 0 aromatic carbocycles. The summed E-state index contributed by atoms with van der Waals surface area (Å²) in [5.74, 6) is 0.237. The van der Waals surface area contributed by atoms with E-state index in [-0.39, 0.29) is 35.9 Å². The number of rotatable bonds is 3. The van der Waals surface area contributed by atoms with Crippen LogP contribution in [0.25, 0.3) is 0 Å². The number of carbonyl (C=O) groups excluding carboxylic acids is 1. The topological polar surface area (TPSA) is 75.3 Å². The molecule has 1 amide bonds. The maximum Gasteiger partial charge on any atom is 0.221 e. The standard InChI is InChI=1S/C14H26N2O3S/c1-14(2)5-3-4-11(9-14)16-13(17)8-12-10-20(18,19)7-6-15-12/h11-12,15H,3-10H2,1-2H3,(H,16,17). The van der Waals surface area contributed by atoms with E-state index in [0.29, 0.717) is 12.0 Å². The fourth-order valence-corrected chi connectivity index (χ4v) is 4.77. The summed E-state index contributed by atoms with van der Waals surface area (Å²) in [6.45, 7) is 4.93. The highest BCUT2D eigenvalue weighted by atomic mass is 32.2. The summed E-state index contributed by atoms with van der Waals surface area (Å²) in [5, 5.41) is 6.19. The highest BCUT2D eigenvalue weighted by Crippen LogP contribution is 2.35. The third kappa shape index (κ3) is 4.74. The van der Waals surface area contributed by atoms with Gasteiger partial charge in [0.1, 0.15) is 0 Å². The van der Waals surface area contributed by atoms with Gasteiger partial charge < -0.3 is 10.6 Å². The smallest absolute Gasteiger partial charge is 0.221 e. The molecule has 0 spiro atoms. The molecule has 2 N–H and O–H groups in total. The zero-order chi connectivity index (χ0) is 14.8. The van der Waals surface area contributed by atoms with Crippen LogP contribution in [0.2, 0.25) is 0 Å². The molecule has 2 atom stereocenters. The molecule has 2 fully saturated rings. The zero-order valence-electron chi connectivity index (χ0n) is 12.4. The van der Waals surface area contributed by atoms with Gasteiger partial charge in [-0.3, -0.25) is 4.79 Å². The van der Waals surface area contributed by atoms with E-state index in [9.17, 15) is 13.2 Å². The summed E-state index contributed by atoms with van der Waals surface area (Å²) in [7, 11) is -2.97. The van der Waals surface area contributed by atoms with E-state index in [4.69, 9.17) is 0 Å². The van der Waals surface area contributed by atoms with E-state index in [1.54, 1.807) is 0 Å². The van der Waals surface area contributed by atoms with Gasteiger partial charge in [-0.1, -0.05) is 20.3 Å². The molecular weight excluding hydrogens is 276 g/mol. The third-order valence-corrected chi connectivity index (χ3v) is 6.04. The van der Waals surface area contributed by atoms with Crippen molar-refractivity contribution in [3.63, 3.8) is 0 Å². The van der Waals surface area contributed by atoms with Crippen LogP contribution in [0.4, 0.5) is 0 Å². The Morgan fingerprint density at radius 1 is 1.40 bits per heavy atom. The molecular formula is C14H26N2O3S. The second-order valence-electron chi connectivity index (χ2n) is 6.99. The second-order valence-corrected chi connectivity index (χ2v) is 9.22. The van der Waals surface area contributed by atoms with Crippen molar-refractivity contribution in [3.05, 3.63) is 0 Å². The van der Waals surface area contributed by atoms with E-state index in [1.807, 2.05) is 0 Å². The second kappa shape index (κ2) is 6.02. The summed E-state index contributed by atoms with van der Waals surface area (Å²) in [4.78, 5) is 12.1. The Labute approximate surface area is 121 Å². The van der Waals surface area contributed by atoms with Crippen LogP contribution in [0.5, 0.6) is 0 Å². The maximum absolute atomic E-state index is 12.1. The number of hydrogen-bond acceptors (Lipinski definition) is 4. The van der Waals surface area contributed by atoms with Crippen molar-refractivity contribution in [1.82, 2.24) is 10.6 Å². The molecule has 20 heavy (non-hydrogen) atoms. The summed E-state index contributed by atoms with van der Waals surface area (Å²) in [6.07, 6.45) is 4.66. The molecule has 2 unspecified atom stereocenters. The van der Waals surface area contributed by atoms with Gasteiger partial charge in [-0.05, 0) is 24.7 Å². The van der Waals surface area contributed by atoms with Crippen molar-refractivity contribution in [3.8, 4) is 0 Å². The van der Waals surface area contributed by atoms with Crippen LogP contribution in [-0.4, -0.2) is 44.5 Å². The quantitative estimate of drug-likeness (QED) is 0.810. The molecule has 0 aromatic rings. The lowest BCUT2D eigenvalue weighted by Gasteiger charge is -2.35. The van der Waals surface area contributed by atoms with Crippen molar-refractivity contribution in [2.24, 2.45) is 5.41 Å². The van der Waals surface area contributed by atoms with Gasteiger partial charge in [0.25, 0.3) is 0 Å². The average Bonchev–Trinajstić information content (AvgIpc) is 2.25. The Kier molecular flexibility index (Phi) is 4.74. The van der Waals surface area contributed by atoms with Gasteiger partial charge in [0.15, 0.2) is 9.84 Å². The van der Waals surface area contributed by atoms with Gasteiger partial charge in [-0.2, -0.15) is 0 Å². The summed E-state index contributed by atoms with van der Waals surface area (Å²) < 4.78 is 23.1. The predicted molar refractivity (Wildman–Crippen MR) is 79.2 cm³/mol. The molecule has 5 nitrogen and oxygen atoms in total. The van der Waals surface area contributed by atoms with Crippen molar-refractivity contribution >= 4 is 15.7 Å². The van der Waals surface area contributed by atoms with Crippen molar-refractivity contribution in [1.29, 1.82) is 0 Å². The third-order valence-electron chi connectivity index (χ3n) is 4.30. The van der Waals surface area contributed by atoms with Crippen molar-refractivity contribution in [2.45, 2.75) is 58.0 Å². The normalized spacial score (nSPS) is 32.5. The molecule has 1 saturated carbocycles. The van der Waals surface area contributed by atoms with E-state index in [2.05, 4.69) is 24.5 Å². The lowest BCUT2D eigenvalue weighted by molar-refractivity contribution is -0.122. The Balaban J connectivity index is 1.80. The molecule has 1 heterocycles. The molecule has 0 bridgehead atoms. The molecule has 2 aliphatic rings. The zero-order valence-corrected chi connectivity index (χ0v) is 13.3. The number of nitrogens with one attached hydrogen (secondary N) is 2. The van der Waals surface area contributed by atoms with Crippen LogP contribution in [0.15, 0.2) is 0 Å². The van der Waals surface area contributed by atoms with Gasteiger partial charge in [-0.15, -0.1) is 0 Å². The Hall–Kier alpha value is -0.620. The van der Waals surface area contributed by atoms with Gasteiger partial charge in [0.05, 0.1) is 11.5 Å². The number of hydrogen-bond donors (Lipinski definition) is 2. The molecule has 1 aliphatic heterocycles. The number of carbonyl (C=O) groups is 1. The molecule has 116 valence electrons. The van der Waals surface area contributed by atoms with E-state index in [0.717, 1.165) is 19.3 Å². The molecule has 0 aromatic heterocycles. The minimum atomic E-state index is -2.97. The van der Waals surface area contributed by atoms with Gasteiger partial charge in [0, 0.05) is 25.0 Å². The lowest BCUT2D eigenvalue weighted by atomic mass is 9.75. The predicted octanol–water partition coefficient (Wildman–Crippen LogP) is 0.848. The van der Waals surface area contributed by atoms with Crippen LogP contribution >= 0.6 is 0 Å². The minimum Gasteiger partial charge on any atom is -0.353 e. The molecule has 2 rings (SSSR count). The summed E-state index contributed by atoms with van der Waals surface area (Å²) in [5.41, 5.74) is 0.294. The monoisotopic (exact) mass is 302 g/mol. The largest absolute Gasteiger partial charge is 0.353 e. The SMILES string of the molecule is CC1(C)CCCC(NC(=O)CC2CS(=O)(=O)CCN2)C1. The summed E-state index contributed by atoms with van der Waals surface area (Å²) >= 11 is 0. The highest BCUT2D eigenvalue weighted by Gasteiger charge is 2.30. The Bertz CT molecular complexity index is 459. The first-order valence-corrected chi connectivity index (χ1v) is 9.31. The fraction of sp³-hybridized carbons (Fsp3) is 0.929. The molecule has 6 heteroatoms. The first kappa shape index (κ1) is 15.8. The van der Waals surface area contributed by atoms with Crippen LogP contribution in [0.3, 0.4) is 0 Å². The summed E-state index contributed by atoms with van der Waals surface area (Å²) in [6, 6.07) is 0.0109. The van der Waals surface area contributed by atoms with Crippen LogP contribution in [-0.2, 0) is 14.6 Å². The lowest BCUT2D eigenvalue weighted by Crippen LogP contribution is -2.49. The van der Waals surface area contributed by atoms with Crippen molar-refractivity contribution in [2.75, 3.05) is 18.1 Å².